The molecule has 3 N–H and O–H groups in total. The number of carboxylic acid groups (broad SMARTS) is 1. The molecule has 17 heavy (non-hydrogen) atoms. The third-order valence-corrected chi connectivity index (χ3v) is 3.03. The number of carboxylic acids is 1. The van der Waals surface area contributed by atoms with Crippen molar-refractivity contribution in [2.24, 2.45) is 0 Å². The number of carbonyl (C=O) groups excluding carboxylic acids is 1. The fourth-order valence-electron chi connectivity index (χ4n) is 1.69. The summed E-state index contributed by atoms with van der Waals surface area (Å²) >= 11 is 3.32. The third kappa shape index (κ3) is 2.76. The van der Waals surface area contributed by atoms with E-state index in [0.717, 1.165) is 10.2 Å². The Kier molecular flexibility index (Phi) is 3.33. The largest absolute Gasteiger partial charge is 0.481 e. The maximum atomic E-state index is 11.7. The Hall–Kier alpha value is -1.56. The van der Waals surface area contributed by atoms with Crippen LogP contribution >= 0.6 is 15.9 Å². The standard InChI is InChI=1S/C11H11BrN2O3/c12-6-1-2-7-9(5-6)14-11(17)8(13-7)3-4-10(15)16/h1-2,5,8,13H,3-4H2,(H,14,17)(H,15,16). The predicted octanol–water partition coefficient (Wildman–Crippen LogP) is 2.05. The van der Waals surface area contributed by atoms with Crippen LogP contribution in [0.4, 0.5) is 11.4 Å². The van der Waals surface area contributed by atoms with Crippen LogP contribution in [0.5, 0.6) is 0 Å². The highest BCUT2D eigenvalue weighted by Crippen LogP contribution is 2.30. The van der Waals surface area contributed by atoms with Crippen LogP contribution in [0.1, 0.15) is 12.8 Å². The van der Waals surface area contributed by atoms with Crippen molar-refractivity contribution in [2.75, 3.05) is 10.6 Å². The quantitative estimate of drug-likeness (QED) is 0.798. The van der Waals surface area contributed by atoms with Crippen molar-refractivity contribution in [1.82, 2.24) is 0 Å². The fourth-order valence-corrected chi connectivity index (χ4v) is 2.05. The summed E-state index contributed by atoms with van der Waals surface area (Å²) in [5, 5.41) is 14.4. The minimum atomic E-state index is -0.902. The molecule has 90 valence electrons. The summed E-state index contributed by atoms with van der Waals surface area (Å²) < 4.78 is 0.877. The Balaban J connectivity index is 2.13. The molecule has 0 aromatic heterocycles. The molecule has 1 atom stereocenters. The number of anilines is 2. The first-order valence-corrected chi connectivity index (χ1v) is 5.94. The molecule has 2 rings (SSSR count). The Morgan fingerprint density at radius 3 is 2.88 bits per heavy atom. The molecule has 0 saturated heterocycles. The second-order valence-electron chi connectivity index (χ2n) is 3.81. The Morgan fingerprint density at radius 2 is 2.18 bits per heavy atom. The van der Waals surface area contributed by atoms with Crippen molar-refractivity contribution in [3.63, 3.8) is 0 Å². The van der Waals surface area contributed by atoms with Gasteiger partial charge in [-0.05, 0) is 24.6 Å². The number of hydrogen-bond donors (Lipinski definition) is 3. The van der Waals surface area contributed by atoms with Gasteiger partial charge in [0.1, 0.15) is 6.04 Å². The topological polar surface area (TPSA) is 78.4 Å². The van der Waals surface area contributed by atoms with Gasteiger partial charge < -0.3 is 15.7 Å². The van der Waals surface area contributed by atoms with Crippen molar-refractivity contribution in [2.45, 2.75) is 18.9 Å². The van der Waals surface area contributed by atoms with Gasteiger partial charge in [0, 0.05) is 10.9 Å². The molecule has 1 amide bonds. The van der Waals surface area contributed by atoms with Crippen molar-refractivity contribution in [1.29, 1.82) is 0 Å². The first-order valence-electron chi connectivity index (χ1n) is 5.15. The minimum absolute atomic E-state index is 0.0308. The molecule has 0 spiro atoms. The van der Waals surface area contributed by atoms with Crippen LogP contribution in [-0.4, -0.2) is 23.0 Å². The van der Waals surface area contributed by atoms with Crippen molar-refractivity contribution in [3.8, 4) is 0 Å². The summed E-state index contributed by atoms with van der Waals surface area (Å²) in [5.41, 5.74) is 1.51. The maximum Gasteiger partial charge on any atom is 0.303 e. The average molecular weight is 299 g/mol. The average Bonchev–Trinajstić information content (AvgIpc) is 2.26. The predicted molar refractivity (Wildman–Crippen MR) is 67.1 cm³/mol. The van der Waals surface area contributed by atoms with Gasteiger partial charge >= 0.3 is 5.97 Å². The molecule has 1 aromatic carbocycles. The van der Waals surface area contributed by atoms with E-state index >= 15 is 0 Å². The van der Waals surface area contributed by atoms with Crippen LogP contribution in [-0.2, 0) is 9.59 Å². The zero-order valence-corrected chi connectivity index (χ0v) is 10.5. The summed E-state index contributed by atoms with van der Waals surface area (Å²) in [5.74, 6) is -1.10. The van der Waals surface area contributed by atoms with Gasteiger partial charge in [-0.25, -0.2) is 0 Å². The van der Waals surface area contributed by atoms with Crippen LogP contribution in [0, 0.1) is 0 Å². The van der Waals surface area contributed by atoms with E-state index in [1.54, 1.807) is 6.07 Å². The fraction of sp³-hybridized carbons (Fsp3) is 0.273. The lowest BCUT2D eigenvalue weighted by Gasteiger charge is -2.26. The normalized spacial score (nSPS) is 17.9. The van der Waals surface area contributed by atoms with Crippen molar-refractivity contribution < 1.29 is 14.7 Å². The number of halogens is 1. The monoisotopic (exact) mass is 298 g/mol. The zero-order chi connectivity index (χ0) is 12.4. The first-order chi connectivity index (χ1) is 8.06. The van der Waals surface area contributed by atoms with E-state index in [4.69, 9.17) is 5.11 Å². The lowest BCUT2D eigenvalue weighted by Crippen LogP contribution is -2.39. The lowest BCUT2D eigenvalue weighted by molar-refractivity contribution is -0.137. The molecule has 1 unspecified atom stereocenters. The van der Waals surface area contributed by atoms with E-state index in [-0.39, 0.29) is 18.7 Å². The second-order valence-corrected chi connectivity index (χ2v) is 4.72. The molecule has 6 heteroatoms. The number of hydrogen-bond acceptors (Lipinski definition) is 3. The highest BCUT2D eigenvalue weighted by molar-refractivity contribution is 9.10. The molecular weight excluding hydrogens is 288 g/mol. The molecule has 0 saturated carbocycles. The number of carbonyl (C=O) groups is 2. The Morgan fingerprint density at radius 1 is 1.41 bits per heavy atom. The number of benzene rings is 1. The van der Waals surface area contributed by atoms with E-state index in [2.05, 4.69) is 26.6 Å². The minimum Gasteiger partial charge on any atom is -0.481 e. The molecule has 0 fully saturated rings. The molecule has 5 nitrogen and oxygen atoms in total. The van der Waals surface area contributed by atoms with Crippen LogP contribution < -0.4 is 10.6 Å². The molecule has 1 heterocycles. The van der Waals surface area contributed by atoms with E-state index < -0.39 is 12.0 Å². The molecule has 1 aromatic rings. The van der Waals surface area contributed by atoms with Crippen LogP contribution in [0.3, 0.4) is 0 Å². The summed E-state index contributed by atoms with van der Waals surface area (Å²) in [6, 6.07) is 5.01. The van der Waals surface area contributed by atoms with Crippen molar-refractivity contribution in [3.05, 3.63) is 22.7 Å². The number of nitrogens with one attached hydrogen (secondary N) is 2. The number of amides is 1. The number of rotatable bonds is 3. The van der Waals surface area contributed by atoms with Gasteiger partial charge in [0.2, 0.25) is 5.91 Å². The van der Waals surface area contributed by atoms with Gasteiger partial charge in [-0.15, -0.1) is 0 Å². The van der Waals surface area contributed by atoms with Gasteiger partial charge in [0.25, 0.3) is 0 Å². The molecule has 0 bridgehead atoms. The number of fused-ring (bicyclic) bond motifs is 1. The molecular formula is C11H11BrN2O3. The summed E-state index contributed by atoms with van der Waals surface area (Å²) in [4.78, 5) is 22.2. The van der Waals surface area contributed by atoms with E-state index in [0.29, 0.717) is 5.69 Å². The second kappa shape index (κ2) is 4.75. The van der Waals surface area contributed by atoms with Gasteiger partial charge in [-0.3, -0.25) is 9.59 Å². The highest BCUT2D eigenvalue weighted by Gasteiger charge is 2.25. The Bertz CT molecular complexity index is 476. The highest BCUT2D eigenvalue weighted by atomic mass is 79.9. The van der Waals surface area contributed by atoms with E-state index in [1.165, 1.54) is 0 Å². The zero-order valence-electron chi connectivity index (χ0n) is 8.87. The van der Waals surface area contributed by atoms with Crippen molar-refractivity contribution >= 4 is 39.2 Å². The van der Waals surface area contributed by atoms with Crippen LogP contribution in [0.2, 0.25) is 0 Å². The Labute approximate surface area is 106 Å². The van der Waals surface area contributed by atoms with E-state index in [1.807, 2.05) is 12.1 Å². The molecule has 0 radical (unpaired) electrons. The summed E-state index contributed by atoms with van der Waals surface area (Å²) in [6.45, 7) is 0. The van der Waals surface area contributed by atoms with Gasteiger partial charge in [-0.2, -0.15) is 0 Å². The van der Waals surface area contributed by atoms with Crippen LogP contribution in [0.15, 0.2) is 22.7 Å². The summed E-state index contributed by atoms with van der Waals surface area (Å²) in [6.07, 6.45) is 0.244. The van der Waals surface area contributed by atoms with Gasteiger partial charge in [-0.1, -0.05) is 15.9 Å². The van der Waals surface area contributed by atoms with Crippen LogP contribution in [0.25, 0.3) is 0 Å². The summed E-state index contributed by atoms with van der Waals surface area (Å²) in [7, 11) is 0. The smallest absolute Gasteiger partial charge is 0.303 e. The van der Waals surface area contributed by atoms with Gasteiger partial charge in [0.15, 0.2) is 0 Å². The van der Waals surface area contributed by atoms with Gasteiger partial charge in [0.05, 0.1) is 11.4 Å². The molecule has 0 aliphatic carbocycles. The SMILES string of the molecule is O=C(O)CCC1Nc2ccc(Br)cc2NC1=O. The third-order valence-electron chi connectivity index (χ3n) is 2.53. The molecule has 1 aliphatic rings. The maximum absolute atomic E-state index is 11.7. The lowest BCUT2D eigenvalue weighted by atomic mass is 10.1. The molecule has 1 aliphatic heterocycles. The number of aliphatic carboxylic acids is 1. The van der Waals surface area contributed by atoms with E-state index in [9.17, 15) is 9.59 Å². The first kappa shape index (κ1) is 11.9.